The highest BCUT2D eigenvalue weighted by molar-refractivity contribution is 6.42. The Labute approximate surface area is 150 Å². The zero-order valence-electron chi connectivity index (χ0n) is 13.1. The zero-order valence-corrected chi connectivity index (χ0v) is 14.6. The van der Waals surface area contributed by atoms with E-state index in [4.69, 9.17) is 27.9 Å². The minimum atomic E-state index is -0.504. The molecule has 2 rings (SSSR count). The maximum absolute atomic E-state index is 11.9. The second-order valence-electron chi connectivity index (χ2n) is 5.29. The lowest BCUT2D eigenvalue weighted by Crippen LogP contribution is -2.31. The SMILES string of the molecule is CC(NC(=O)COC(=O)Cc1ccc(Cl)c(Cl)c1)c1ccccc1. The van der Waals surface area contributed by atoms with Crippen molar-refractivity contribution in [3.8, 4) is 0 Å². The summed E-state index contributed by atoms with van der Waals surface area (Å²) < 4.78 is 4.99. The van der Waals surface area contributed by atoms with Crippen LogP contribution < -0.4 is 5.32 Å². The van der Waals surface area contributed by atoms with Crippen molar-refractivity contribution in [1.29, 1.82) is 0 Å². The number of hydrogen-bond acceptors (Lipinski definition) is 3. The first-order chi connectivity index (χ1) is 11.5. The molecule has 0 spiro atoms. The molecule has 24 heavy (non-hydrogen) atoms. The predicted octanol–water partition coefficient (Wildman–Crippen LogP) is 3.96. The van der Waals surface area contributed by atoms with Gasteiger partial charge in [-0.2, -0.15) is 0 Å². The van der Waals surface area contributed by atoms with Crippen molar-refractivity contribution in [3.05, 3.63) is 69.7 Å². The third-order valence-electron chi connectivity index (χ3n) is 3.37. The van der Waals surface area contributed by atoms with Gasteiger partial charge in [0.2, 0.25) is 0 Å². The predicted molar refractivity (Wildman–Crippen MR) is 94.1 cm³/mol. The fourth-order valence-electron chi connectivity index (χ4n) is 2.12. The molecule has 0 fully saturated rings. The van der Waals surface area contributed by atoms with Crippen LogP contribution >= 0.6 is 23.2 Å². The molecule has 0 bridgehead atoms. The fraction of sp³-hybridized carbons (Fsp3) is 0.222. The summed E-state index contributed by atoms with van der Waals surface area (Å²) in [6.07, 6.45) is 0.0262. The van der Waals surface area contributed by atoms with Crippen LogP contribution in [-0.4, -0.2) is 18.5 Å². The standard InChI is InChI=1S/C18H17Cl2NO3/c1-12(14-5-3-2-4-6-14)21-17(22)11-24-18(23)10-13-7-8-15(19)16(20)9-13/h2-9,12H,10-11H2,1H3,(H,21,22). The number of carbonyl (C=O) groups is 2. The van der Waals surface area contributed by atoms with Gasteiger partial charge in [0.25, 0.3) is 5.91 Å². The maximum atomic E-state index is 11.9. The number of ether oxygens (including phenoxy) is 1. The second-order valence-corrected chi connectivity index (χ2v) is 6.10. The van der Waals surface area contributed by atoms with Crippen LogP contribution in [0.4, 0.5) is 0 Å². The maximum Gasteiger partial charge on any atom is 0.310 e. The van der Waals surface area contributed by atoms with Crippen LogP contribution in [0.15, 0.2) is 48.5 Å². The number of nitrogens with one attached hydrogen (secondary N) is 1. The minimum Gasteiger partial charge on any atom is -0.455 e. The van der Waals surface area contributed by atoms with Gasteiger partial charge in [-0.25, -0.2) is 0 Å². The highest BCUT2D eigenvalue weighted by Gasteiger charge is 2.12. The van der Waals surface area contributed by atoms with Crippen molar-refractivity contribution in [1.82, 2.24) is 5.32 Å². The molecule has 0 heterocycles. The highest BCUT2D eigenvalue weighted by atomic mass is 35.5. The van der Waals surface area contributed by atoms with Crippen LogP contribution in [0.3, 0.4) is 0 Å². The summed E-state index contributed by atoms with van der Waals surface area (Å²) in [7, 11) is 0. The number of benzene rings is 2. The van der Waals surface area contributed by atoms with Gasteiger partial charge >= 0.3 is 5.97 Å². The molecule has 0 radical (unpaired) electrons. The number of hydrogen-bond donors (Lipinski definition) is 1. The molecular weight excluding hydrogens is 349 g/mol. The molecule has 1 amide bonds. The highest BCUT2D eigenvalue weighted by Crippen LogP contribution is 2.22. The molecule has 0 aliphatic carbocycles. The zero-order chi connectivity index (χ0) is 17.5. The number of amides is 1. The number of rotatable bonds is 6. The van der Waals surface area contributed by atoms with Gasteiger partial charge in [-0.3, -0.25) is 9.59 Å². The summed E-state index contributed by atoms with van der Waals surface area (Å²) in [6, 6.07) is 14.3. The first kappa shape index (κ1) is 18.3. The Morgan fingerprint density at radius 1 is 1.08 bits per heavy atom. The molecule has 6 heteroatoms. The van der Waals surface area contributed by atoms with E-state index < -0.39 is 5.97 Å². The molecule has 1 unspecified atom stereocenters. The Morgan fingerprint density at radius 2 is 1.79 bits per heavy atom. The van der Waals surface area contributed by atoms with Crippen molar-refractivity contribution < 1.29 is 14.3 Å². The van der Waals surface area contributed by atoms with E-state index in [0.29, 0.717) is 15.6 Å². The summed E-state index contributed by atoms with van der Waals surface area (Å²) in [4.78, 5) is 23.6. The summed E-state index contributed by atoms with van der Waals surface area (Å²) in [6.45, 7) is 1.54. The summed E-state index contributed by atoms with van der Waals surface area (Å²) in [5.41, 5.74) is 1.65. The monoisotopic (exact) mass is 365 g/mol. The molecule has 1 N–H and O–H groups in total. The Bertz CT molecular complexity index is 719. The molecule has 4 nitrogen and oxygen atoms in total. The van der Waals surface area contributed by atoms with Gasteiger partial charge in [-0.1, -0.05) is 59.6 Å². The topological polar surface area (TPSA) is 55.4 Å². The summed E-state index contributed by atoms with van der Waals surface area (Å²) >= 11 is 11.7. The lowest BCUT2D eigenvalue weighted by Gasteiger charge is -2.14. The largest absolute Gasteiger partial charge is 0.455 e. The quantitative estimate of drug-likeness (QED) is 0.788. The van der Waals surface area contributed by atoms with Crippen molar-refractivity contribution in [2.24, 2.45) is 0 Å². The molecular formula is C18H17Cl2NO3. The Balaban J connectivity index is 1.78. The van der Waals surface area contributed by atoms with Gasteiger partial charge in [0.15, 0.2) is 6.61 Å². The summed E-state index contributed by atoms with van der Waals surface area (Å²) in [5, 5.41) is 3.57. The minimum absolute atomic E-state index is 0.0262. The van der Waals surface area contributed by atoms with Crippen LogP contribution in [0.1, 0.15) is 24.1 Å². The fourth-order valence-corrected chi connectivity index (χ4v) is 2.44. The van der Waals surface area contributed by atoms with E-state index in [0.717, 1.165) is 5.56 Å². The van der Waals surface area contributed by atoms with Crippen molar-refractivity contribution in [2.45, 2.75) is 19.4 Å². The van der Waals surface area contributed by atoms with Gasteiger partial charge in [0.05, 0.1) is 22.5 Å². The molecule has 0 aromatic heterocycles. The lowest BCUT2D eigenvalue weighted by molar-refractivity contribution is -0.148. The van der Waals surface area contributed by atoms with Crippen LogP contribution in [0, 0.1) is 0 Å². The average molecular weight is 366 g/mol. The smallest absolute Gasteiger partial charge is 0.310 e. The van der Waals surface area contributed by atoms with E-state index in [9.17, 15) is 9.59 Å². The van der Waals surface area contributed by atoms with Gasteiger partial charge in [0.1, 0.15) is 0 Å². The lowest BCUT2D eigenvalue weighted by atomic mass is 10.1. The molecule has 0 aliphatic heterocycles. The van der Waals surface area contributed by atoms with Crippen molar-refractivity contribution >= 4 is 35.1 Å². The van der Waals surface area contributed by atoms with Crippen LogP contribution in [0.5, 0.6) is 0 Å². The van der Waals surface area contributed by atoms with Gasteiger partial charge in [-0.05, 0) is 30.2 Å². The Hall–Kier alpha value is -2.04. The number of carbonyl (C=O) groups excluding carboxylic acids is 2. The van der Waals surface area contributed by atoms with Crippen LogP contribution in [-0.2, 0) is 20.7 Å². The van der Waals surface area contributed by atoms with E-state index in [-0.39, 0.29) is 25.0 Å². The second kappa shape index (κ2) is 8.71. The van der Waals surface area contributed by atoms with E-state index in [1.165, 1.54) is 0 Å². The van der Waals surface area contributed by atoms with Crippen molar-refractivity contribution in [2.75, 3.05) is 6.61 Å². The Kier molecular flexibility index (Phi) is 6.64. The average Bonchev–Trinajstić information content (AvgIpc) is 2.57. The normalized spacial score (nSPS) is 11.6. The third-order valence-corrected chi connectivity index (χ3v) is 4.11. The molecule has 0 saturated heterocycles. The first-order valence-corrected chi connectivity index (χ1v) is 8.15. The van der Waals surface area contributed by atoms with E-state index in [1.54, 1.807) is 18.2 Å². The van der Waals surface area contributed by atoms with Crippen LogP contribution in [0.2, 0.25) is 10.0 Å². The van der Waals surface area contributed by atoms with Crippen LogP contribution in [0.25, 0.3) is 0 Å². The molecule has 0 aliphatic rings. The van der Waals surface area contributed by atoms with E-state index in [1.807, 2.05) is 37.3 Å². The molecule has 126 valence electrons. The summed E-state index contributed by atoms with van der Waals surface area (Å²) in [5.74, 6) is -0.857. The molecule has 0 saturated carbocycles. The van der Waals surface area contributed by atoms with E-state index in [2.05, 4.69) is 5.32 Å². The number of esters is 1. The Morgan fingerprint density at radius 3 is 2.46 bits per heavy atom. The van der Waals surface area contributed by atoms with Crippen molar-refractivity contribution in [3.63, 3.8) is 0 Å². The molecule has 2 aromatic carbocycles. The van der Waals surface area contributed by atoms with Gasteiger partial charge in [-0.15, -0.1) is 0 Å². The van der Waals surface area contributed by atoms with Gasteiger partial charge < -0.3 is 10.1 Å². The molecule has 2 aromatic rings. The van der Waals surface area contributed by atoms with Gasteiger partial charge in [0, 0.05) is 0 Å². The molecule has 1 atom stereocenters. The first-order valence-electron chi connectivity index (χ1n) is 7.39. The number of halogens is 2. The third kappa shape index (κ3) is 5.55. The van der Waals surface area contributed by atoms with E-state index >= 15 is 0 Å².